The molecule has 0 saturated heterocycles. The van der Waals surface area contributed by atoms with E-state index in [9.17, 15) is 9.90 Å². The molecule has 1 aromatic heterocycles. The first kappa shape index (κ1) is 14.8. The predicted octanol–water partition coefficient (Wildman–Crippen LogP) is 2.72. The summed E-state index contributed by atoms with van der Waals surface area (Å²) in [4.78, 5) is 12.9. The topological polar surface area (TPSA) is 58.6 Å². The van der Waals surface area contributed by atoms with Gasteiger partial charge in [-0.3, -0.25) is 4.79 Å². The molecule has 2 aromatic rings. The first-order valence-corrected chi connectivity index (χ1v) is 7.38. The van der Waals surface area contributed by atoms with Crippen molar-refractivity contribution in [2.45, 2.75) is 26.4 Å². The standard InChI is InChI=1S/C15H19NO3S/c1-9(17)6-7-16-15(18)14-10(2)12-8-11(19-3)4-5-13(12)20-14/h4-5,8-9,17H,6-7H2,1-3H3,(H,16,18). The van der Waals surface area contributed by atoms with E-state index in [1.807, 2.05) is 25.1 Å². The van der Waals surface area contributed by atoms with Crippen LogP contribution in [0.5, 0.6) is 5.75 Å². The molecular weight excluding hydrogens is 274 g/mol. The summed E-state index contributed by atoms with van der Waals surface area (Å²) in [6.45, 7) is 4.14. The van der Waals surface area contributed by atoms with E-state index in [0.29, 0.717) is 13.0 Å². The number of aliphatic hydroxyl groups is 1. The Kier molecular flexibility index (Phi) is 4.62. The quantitative estimate of drug-likeness (QED) is 0.891. The summed E-state index contributed by atoms with van der Waals surface area (Å²) in [6, 6.07) is 5.82. The van der Waals surface area contributed by atoms with E-state index in [1.165, 1.54) is 11.3 Å². The lowest BCUT2D eigenvalue weighted by Crippen LogP contribution is -2.26. The Labute approximate surface area is 122 Å². The summed E-state index contributed by atoms with van der Waals surface area (Å²) in [5.74, 6) is 0.711. The van der Waals surface area contributed by atoms with Crippen LogP contribution in [0.2, 0.25) is 0 Å². The van der Waals surface area contributed by atoms with Crippen LogP contribution in [0.25, 0.3) is 10.1 Å². The molecule has 108 valence electrons. The van der Waals surface area contributed by atoms with Gasteiger partial charge in [0.15, 0.2) is 0 Å². The van der Waals surface area contributed by atoms with Gasteiger partial charge in [0.1, 0.15) is 5.75 Å². The maximum Gasteiger partial charge on any atom is 0.261 e. The Morgan fingerprint density at radius 3 is 2.90 bits per heavy atom. The van der Waals surface area contributed by atoms with Crippen molar-refractivity contribution in [3.63, 3.8) is 0 Å². The number of aliphatic hydroxyl groups excluding tert-OH is 1. The molecule has 1 heterocycles. The van der Waals surface area contributed by atoms with Gasteiger partial charge in [-0.2, -0.15) is 0 Å². The lowest BCUT2D eigenvalue weighted by molar-refractivity contribution is 0.0949. The second-order valence-corrected chi connectivity index (χ2v) is 5.86. The summed E-state index contributed by atoms with van der Waals surface area (Å²) >= 11 is 1.48. The van der Waals surface area contributed by atoms with Gasteiger partial charge in [0.2, 0.25) is 0 Å². The number of methoxy groups -OCH3 is 1. The smallest absolute Gasteiger partial charge is 0.261 e. The Balaban J connectivity index is 2.21. The molecule has 1 unspecified atom stereocenters. The third kappa shape index (κ3) is 3.11. The van der Waals surface area contributed by atoms with Gasteiger partial charge in [0.05, 0.1) is 18.1 Å². The van der Waals surface area contributed by atoms with Crippen LogP contribution < -0.4 is 10.1 Å². The first-order chi connectivity index (χ1) is 9.52. The summed E-state index contributed by atoms with van der Waals surface area (Å²) in [5, 5.41) is 13.1. The summed E-state index contributed by atoms with van der Waals surface area (Å²) in [5.41, 5.74) is 0.971. The number of carbonyl (C=O) groups excluding carboxylic acids is 1. The average Bonchev–Trinajstić information content (AvgIpc) is 2.75. The molecule has 0 fully saturated rings. The molecule has 0 aliphatic rings. The van der Waals surface area contributed by atoms with Gasteiger partial charge >= 0.3 is 0 Å². The molecule has 20 heavy (non-hydrogen) atoms. The average molecular weight is 293 g/mol. The normalized spacial score (nSPS) is 12.4. The van der Waals surface area contributed by atoms with Crippen molar-refractivity contribution in [2.75, 3.05) is 13.7 Å². The number of ether oxygens (including phenoxy) is 1. The molecule has 2 rings (SSSR count). The Morgan fingerprint density at radius 2 is 2.25 bits per heavy atom. The monoisotopic (exact) mass is 293 g/mol. The van der Waals surface area contributed by atoms with E-state index >= 15 is 0 Å². The second kappa shape index (κ2) is 6.24. The molecule has 4 nitrogen and oxygen atoms in total. The lowest BCUT2D eigenvalue weighted by atomic mass is 10.1. The van der Waals surface area contributed by atoms with Crippen molar-refractivity contribution in [3.8, 4) is 5.75 Å². The molecule has 2 N–H and O–H groups in total. The molecule has 0 aliphatic carbocycles. The summed E-state index contributed by atoms with van der Waals surface area (Å²) < 4.78 is 6.29. The van der Waals surface area contributed by atoms with Gasteiger partial charge in [-0.15, -0.1) is 11.3 Å². The fourth-order valence-electron chi connectivity index (χ4n) is 2.02. The van der Waals surface area contributed by atoms with Gasteiger partial charge in [-0.1, -0.05) is 0 Å². The highest BCUT2D eigenvalue weighted by Gasteiger charge is 2.15. The molecule has 0 bridgehead atoms. The SMILES string of the molecule is COc1ccc2sc(C(=O)NCCC(C)O)c(C)c2c1. The van der Waals surface area contributed by atoms with Gasteiger partial charge in [-0.25, -0.2) is 0 Å². The van der Waals surface area contributed by atoms with Crippen LogP contribution in [0.1, 0.15) is 28.6 Å². The van der Waals surface area contributed by atoms with Crippen LogP contribution in [-0.4, -0.2) is 30.8 Å². The number of amides is 1. The number of hydrogen-bond donors (Lipinski definition) is 2. The van der Waals surface area contributed by atoms with Crippen molar-refractivity contribution in [2.24, 2.45) is 0 Å². The molecule has 1 atom stereocenters. The Hall–Kier alpha value is -1.59. The van der Waals surface area contributed by atoms with Crippen LogP contribution in [0.15, 0.2) is 18.2 Å². The van der Waals surface area contributed by atoms with Crippen molar-refractivity contribution >= 4 is 27.3 Å². The predicted molar refractivity (Wildman–Crippen MR) is 81.7 cm³/mol. The number of fused-ring (bicyclic) bond motifs is 1. The van der Waals surface area contributed by atoms with E-state index in [1.54, 1.807) is 14.0 Å². The maximum absolute atomic E-state index is 12.2. The number of nitrogens with one attached hydrogen (secondary N) is 1. The summed E-state index contributed by atoms with van der Waals surface area (Å²) in [7, 11) is 1.63. The molecule has 0 radical (unpaired) electrons. The molecule has 0 aliphatic heterocycles. The van der Waals surface area contributed by atoms with E-state index in [-0.39, 0.29) is 5.91 Å². The third-order valence-electron chi connectivity index (χ3n) is 3.20. The Morgan fingerprint density at radius 1 is 1.50 bits per heavy atom. The van der Waals surface area contributed by atoms with Gasteiger partial charge in [0.25, 0.3) is 5.91 Å². The van der Waals surface area contributed by atoms with Crippen molar-refractivity contribution in [1.29, 1.82) is 0 Å². The van der Waals surface area contributed by atoms with Crippen molar-refractivity contribution in [3.05, 3.63) is 28.6 Å². The number of carbonyl (C=O) groups is 1. The zero-order valence-electron chi connectivity index (χ0n) is 11.9. The van der Waals surface area contributed by atoms with Crippen LogP contribution in [-0.2, 0) is 0 Å². The highest BCUT2D eigenvalue weighted by molar-refractivity contribution is 7.21. The fraction of sp³-hybridized carbons (Fsp3) is 0.400. The number of aryl methyl sites for hydroxylation is 1. The molecule has 0 saturated carbocycles. The Bertz CT molecular complexity index is 619. The van der Waals surface area contributed by atoms with Gasteiger partial charge < -0.3 is 15.2 Å². The zero-order chi connectivity index (χ0) is 14.7. The minimum atomic E-state index is -0.400. The molecular formula is C15H19NO3S. The number of hydrogen-bond acceptors (Lipinski definition) is 4. The number of rotatable bonds is 5. The molecule has 5 heteroatoms. The van der Waals surface area contributed by atoms with Crippen molar-refractivity contribution in [1.82, 2.24) is 5.32 Å². The number of benzene rings is 1. The van der Waals surface area contributed by atoms with Crippen LogP contribution in [0.3, 0.4) is 0 Å². The van der Waals surface area contributed by atoms with Crippen LogP contribution in [0.4, 0.5) is 0 Å². The molecule has 1 amide bonds. The van der Waals surface area contributed by atoms with Gasteiger partial charge in [0, 0.05) is 11.2 Å². The van der Waals surface area contributed by atoms with E-state index in [2.05, 4.69) is 5.32 Å². The van der Waals surface area contributed by atoms with E-state index in [0.717, 1.165) is 26.3 Å². The molecule has 0 spiro atoms. The van der Waals surface area contributed by atoms with Gasteiger partial charge in [-0.05, 0) is 49.4 Å². The lowest BCUT2D eigenvalue weighted by Gasteiger charge is -2.06. The molecule has 1 aromatic carbocycles. The van der Waals surface area contributed by atoms with E-state index < -0.39 is 6.10 Å². The third-order valence-corrected chi connectivity index (χ3v) is 4.47. The minimum absolute atomic E-state index is 0.0803. The zero-order valence-corrected chi connectivity index (χ0v) is 12.7. The van der Waals surface area contributed by atoms with Crippen LogP contribution >= 0.6 is 11.3 Å². The fourth-order valence-corrected chi connectivity index (χ4v) is 3.12. The van der Waals surface area contributed by atoms with E-state index in [4.69, 9.17) is 4.74 Å². The highest BCUT2D eigenvalue weighted by Crippen LogP contribution is 2.33. The number of thiophene rings is 1. The second-order valence-electron chi connectivity index (χ2n) is 4.81. The highest BCUT2D eigenvalue weighted by atomic mass is 32.1. The minimum Gasteiger partial charge on any atom is -0.497 e. The van der Waals surface area contributed by atoms with Crippen molar-refractivity contribution < 1.29 is 14.6 Å². The van der Waals surface area contributed by atoms with Crippen LogP contribution in [0, 0.1) is 6.92 Å². The summed E-state index contributed by atoms with van der Waals surface area (Å²) in [6.07, 6.45) is 0.159. The maximum atomic E-state index is 12.2. The largest absolute Gasteiger partial charge is 0.497 e. The first-order valence-electron chi connectivity index (χ1n) is 6.56.